The Bertz CT molecular complexity index is 1200. The molecule has 3 heterocycles. The van der Waals surface area contributed by atoms with Gasteiger partial charge in [-0.05, 0) is 42.3 Å². The van der Waals surface area contributed by atoms with Gasteiger partial charge in [0.15, 0.2) is 0 Å². The Balaban J connectivity index is 1.78. The fourth-order valence-electron chi connectivity index (χ4n) is 2.79. The molecule has 0 bridgehead atoms. The van der Waals surface area contributed by atoms with Gasteiger partial charge in [-0.3, -0.25) is 15.0 Å². The maximum atomic E-state index is 12.2. The van der Waals surface area contributed by atoms with E-state index in [1.807, 2.05) is 42.6 Å². The topological polar surface area (TPSA) is 97.6 Å². The van der Waals surface area contributed by atoms with Crippen LogP contribution in [0.1, 0.15) is 11.1 Å². The maximum Gasteiger partial charge on any atom is 0.271 e. The molecule has 0 aliphatic rings. The third kappa shape index (κ3) is 2.97. The molecule has 4 rings (SSSR count). The largest absolute Gasteiger partial charge is 0.508 e. The van der Waals surface area contributed by atoms with Crippen molar-refractivity contribution in [2.75, 3.05) is 0 Å². The first-order valence-electron chi connectivity index (χ1n) is 7.89. The third-order valence-corrected chi connectivity index (χ3v) is 4.11. The van der Waals surface area contributed by atoms with Crippen molar-refractivity contribution in [1.29, 1.82) is 0 Å². The second-order valence-corrected chi connectivity index (χ2v) is 5.77. The van der Waals surface area contributed by atoms with Gasteiger partial charge in [0.05, 0.1) is 10.6 Å². The zero-order valence-electron chi connectivity index (χ0n) is 13.3. The van der Waals surface area contributed by atoms with E-state index in [4.69, 9.17) is 0 Å². The lowest BCUT2D eigenvalue weighted by Crippen LogP contribution is -2.33. The summed E-state index contributed by atoms with van der Waals surface area (Å²) in [5.74, 6) is 0.237. The molecule has 4 N–H and O–H groups in total. The number of aromatic nitrogens is 4. The van der Waals surface area contributed by atoms with Gasteiger partial charge in [-0.1, -0.05) is 18.2 Å². The molecule has 0 unspecified atom stereocenters. The molecule has 3 aromatic heterocycles. The van der Waals surface area contributed by atoms with Gasteiger partial charge in [0.25, 0.3) is 5.56 Å². The molecule has 0 amide bonds. The van der Waals surface area contributed by atoms with E-state index in [1.165, 1.54) is 0 Å². The summed E-state index contributed by atoms with van der Waals surface area (Å²) >= 11 is 0. The van der Waals surface area contributed by atoms with Crippen LogP contribution < -0.4 is 16.1 Å². The van der Waals surface area contributed by atoms with E-state index in [1.54, 1.807) is 18.3 Å². The summed E-state index contributed by atoms with van der Waals surface area (Å²) in [4.78, 5) is 19.5. The molecule has 0 spiro atoms. The summed E-state index contributed by atoms with van der Waals surface area (Å²) < 4.78 is 0. The molecule has 0 atom stereocenters. The number of pyridine rings is 1. The first-order chi connectivity index (χ1) is 12.2. The Morgan fingerprint density at radius 1 is 1.12 bits per heavy atom. The first-order valence-corrected chi connectivity index (χ1v) is 7.89. The van der Waals surface area contributed by atoms with E-state index >= 15 is 0 Å². The van der Waals surface area contributed by atoms with Crippen LogP contribution in [0.3, 0.4) is 0 Å². The SMILES string of the molecule is O=c1[nH][nH]c(=CCc2ccc(O)cc2)c1=Cc1c[nH]c2ncccc12. The van der Waals surface area contributed by atoms with E-state index in [0.29, 0.717) is 11.6 Å². The van der Waals surface area contributed by atoms with Gasteiger partial charge < -0.3 is 10.1 Å². The van der Waals surface area contributed by atoms with Crippen molar-refractivity contribution in [3.05, 3.63) is 80.8 Å². The third-order valence-electron chi connectivity index (χ3n) is 4.11. The van der Waals surface area contributed by atoms with E-state index in [0.717, 1.165) is 27.5 Å². The lowest BCUT2D eigenvalue weighted by Gasteiger charge is -1.95. The monoisotopic (exact) mass is 332 g/mol. The number of hydrogen-bond acceptors (Lipinski definition) is 3. The van der Waals surface area contributed by atoms with E-state index in [9.17, 15) is 9.90 Å². The van der Waals surface area contributed by atoms with Crippen molar-refractivity contribution >= 4 is 23.2 Å². The predicted molar refractivity (Wildman–Crippen MR) is 96.6 cm³/mol. The van der Waals surface area contributed by atoms with Crippen LogP contribution in [-0.4, -0.2) is 25.3 Å². The molecule has 25 heavy (non-hydrogen) atoms. The minimum atomic E-state index is -0.171. The van der Waals surface area contributed by atoms with Gasteiger partial charge in [0, 0.05) is 23.3 Å². The molecule has 4 aromatic rings. The second kappa shape index (κ2) is 6.16. The molecule has 0 aliphatic heterocycles. The van der Waals surface area contributed by atoms with Crippen LogP contribution in [-0.2, 0) is 6.42 Å². The van der Waals surface area contributed by atoms with E-state index in [-0.39, 0.29) is 11.3 Å². The number of nitrogens with zero attached hydrogens (tertiary/aromatic N) is 1. The fourth-order valence-corrected chi connectivity index (χ4v) is 2.79. The van der Waals surface area contributed by atoms with Gasteiger partial charge >= 0.3 is 0 Å². The highest BCUT2D eigenvalue weighted by molar-refractivity contribution is 5.85. The Hall–Kier alpha value is -3.54. The normalized spacial score (nSPS) is 13.0. The van der Waals surface area contributed by atoms with Crippen LogP contribution in [0.15, 0.2) is 53.6 Å². The van der Waals surface area contributed by atoms with Crippen molar-refractivity contribution in [2.24, 2.45) is 0 Å². The average Bonchev–Trinajstić information content (AvgIpc) is 3.20. The zero-order chi connectivity index (χ0) is 17.2. The number of aromatic amines is 3. The van der Waals surface area contributed by atoms with Crippen LogP contribution in [0.25, 0.3) is 23.2 Å². The summed E-state index contributed by atoms with van der Waals surface area (Å²) in [7, 11) is 0. The van der Waals surface area contributed by atoms with E-state index in [2.05, 4.69) is 20.2 Å². The van der Waals surface area contributed by atoms with Gasteiger partial charge in [0.2, 0.25) is 0 Å². The van der Waals surface area contributed by atoms with Crippen LogP contribution in [0.2, 0.25) is 0 Å². The Labute approximate surface area is 142 Å². The summed E-state index contributed by atoms with van der Waals surface area (Å²) in [6.45, 7) is 0. The zero-order valence-corrected chi connectivity index (χ0v) is 13.3. The summed E-state index contributed by atoms with van der Waals surface area (Å²) in [6, 6.07) is 10.8. The minimum absolute atomic E-state index is 0.171. The highest BCUT2D eigenvalue weighted by Crippen LogP contribution is 2.15. The van der Waals surface area contributed by atoms with Crippen molar-refractivity contribution < 1.29 is 5.11 Å². The van der Waals surface area contributed by atoms with Crippen molar-refractivity contribution in [1.82, 2.24) is 20.2 Å². The molecular weight excluding hydrogens is 316 g/mol. The average molecular weight is 332 g/mol. The lowest BCUT2D eigenvalue weighted by atomic mass is 10.1. The molecule has 6 heteroatoms. The molecule has 124 valence electrons. The highest BCUT2D eigenvalue weighted by atomic mass is 16.3. The van der Waals surface area contributed by atoms with Gasteiger partial charge in [-0.25, -0.2) is 4.98 Å². The number of phenolic OH excluding ortho intramolecular Hbond substituents is 1. The Morgan fingerprint density at radius 2 is 1.96 bits per heavy atom. The van der Waals surface area contributed by atoms with E-state index < -0.39 is 0 Å². The maximum absolute atomic E-state index is 12.2. The number of rotatable bonds is 3. The van der Waals surface area contributed by atoms with Crippen LogP contribution in [0.5, 0.6) is 5.75 Å². The number of fused-ring (bicyclic) bond motifs is 1. The van der Waals surface area contributed by atoms with Crippen molar-refractivity contribution in [3.63, 3.8) is 0 Å². The lowest BCUT2D eigenvalue weighted by molar-refractivity contribution is 0.475. The molecule has 0 radical (unpaired) electrons. The Morgan fingerprint density at radius 3 is 2.80 bits per heavy atom. The van der Waals surface area contributed by atoms with Crippen LogP contribution in [0.4, 0.5) is 0 Å². The van der Waals surface area contributed by atoms with Crippen LogP contribution >= 0.6 is 0 Å². The van der Waals surface area contributed by atoms with Crippen molar-refractivity contribution in [2.45, 2.75) is 6.42 Å². The minimum Gasteiger partial charge on any atom is -0.508 e. The summed E-state index contributed by atoms with van der Waals surface area (Å²) in [6.07, 6.45) is 8.00. The second-order valence-electron chi connectivity index (χ2n) is 5.77. The summed E-state index contributed by atoms with van der Waals surface area (Å²) in [5.41, 5.74) is 2.57. The van der Waals surface area contributed by atoms with Crippen LogP contribution in [0, 0.1) is 0 Å². The number of hydrogen-bond donors (Lipinski definition) is 4. The predicted octanol–water partition coefficient (Wildman–Crippen LogP) is 1.14. The van der Waals surface area contributed by atoms with Gasteiger partial charge in [0.1, 0.15) is 11.4 Å². The van der Waals surface area contributed by atoms with Gasteiger partial charge in [-0.15, -0.1) is 0 Å². The standard InChI is InChI=1S/C19H16N4O2/c24-14-6-3-12(4-7-14)5-8-17-16(19(25)23-22-17)10-13-11-21-18-15(13)2-1-9-20-18/h1-4,6-11,22,24H,5H2,(H,20,21)(H,23,25). The fraction of sp³-hybridized carbons (Fsp3) is 0.0526. The molecular formula is C19H16N4O2. The number of aromatic hydroxyl groups is 1. The molecule has 0 fully saturated rings. The van der Waals surface area contributed by atoms with Crippen molar-refractivity contribution in [3.8, 4) is 5.75 Å². The van der Waals surface area contributed by atoms with Gasteiger partial charge in [-0.2, -0.15) is 0 Å². The molecule has 0 saturated heterocycles. The number of benzene rings is 1. The summed E-state index contributed by atoms with van der Waals surface area (Å²) in [5, 5.41) is 17.2. The number of nitrogens with one attached hydrogen (secondary N) is 3. The molecule has 0 aliphatic carbocycles. The molecule has 6 nitrogen and oxygen atoms in total. The highest BCUT2D eigenvalue weighted by Gasteiger charge is 2.03. The molecule has 1 aromatic carbocycles. The first kappa shape index (κ1) is 15.0. The Kier molecular flexibility index (Phi) is 3.70. The quantitative estimate of drug-likeness (QED) is 0.453. The number of phenols is 1. The smallest absolute Gasteiger partial charge is 0.271 e. The molecule has 0 saturated carbocycles. The number of H-pyrrole nitrogens is 3.